The minimum absolute atomic E-state index is 0.163. The third-order valence-electron chi connectivity index (χ3n) is 5.74. The molecular weight excluding hydrogens is 388 g/mol. The number of pyridine rings is 2. The summed E-state index contributed by atoms with van der Waals surface area (Å²) in [4.78, 5) is 24.1. The SMILES string of the molecule is COc1cccc(CN2CCC[C@H]([C@@H](NC(=O)c3ccccn3)c3ccccn3)C2)c1. The van der Waals surface area contributed by atoms with E-state index in [-0.39, 0.29) is 17.9 Å². The van der Waals surface area contributed by atoms with Crippen LogP contribution >= 0.6 is 0 Å². The highest BCUT2D eigenvalue weighted by atomic mass is 16.5. The zero-order chi connectivity index (χ0) is 21.5. The number of piperidine rings is 1. The first kappa shape index (κ1) is 21.0. The second-order valence-electron chi connectivity index (χ2n) is 7.91. The molecule has 0 radical (unpaired) electrons. The molecule has 1 amide bonds. The van der Waals surface area contributed by atoms with Crippen LogP contribution in [-0.2, 0) is 6.54 Å². The number of hydrogen-bond donors (Lipinski definition) is 1. The van der Waals surface area contributed by atoms with Crippen molar-refractivity contribution < 1.29 is 9.53 Å². The molecule has 2 aromatic heterocycles. The molecule has 3 aromatic rings. The van der Waals surface area contributed by atoms with Crippen LogP contribution < -0.4 is 10.1 Å². The van der Waals surface area contributed by atoms with E-state index in [2.05, 4.69) is 32.3 Å². The molecule has 0 saturated carbocycles. The first-order chi connectivity index (χ1) is 15.2. The average molecular weight is 417 g/mol. The van der Waals surface area contributed by atoms with Gasteiger partial charge in [-0.3, -0.25) is 19.7 Å². The van der Waals surface area contributed by atoms with Crippen molar-refractivity contribution in [1.82, 2.24) is 20.2 Å². The molecule has 0 spiro atoms. The molecule has 0 aliphatic carbocycles. The highest BCUT2D eigenvalue weighted by Crippen LogP contribution is 2.30. The monoisotopic (exact) mass is 416 g/mol. The first-order valence-corrected chi connectivity index (χ1v) is 10.7. The lowest BCUT2D eigenvalue weighted by molar-refractivity contribution is 0.0870. The molecule has 4 rings (SSSR count). The van der Waals surface area contributed by atoms with Gasteiger partial charge in [0.2, 0.25) is 0 Å². The smallest absolute Gasteiger partial charge is 0.270 e. The molecule has 31 heavy (non-hydrogen) atoms. The fraction of sp³-hybridized carbons (Fsp3) is 0.320. The number of ether oxygens (including phenoxy) is 1. The van der Waals surface area contributed by atoms with Crippen LogP contribution in [0.15, 0.2) is 73.1 Å². The van der Waals surface area contributed by atoms with Crippen LogP contribution in [0.25, 0.3) is 0 Å². The van der Waals surface area contributed by atoms with Crippen LogP contribution in [0.1, 0.15) is 40.6 Å². The number of likely N-dealkylation sites (tertiary alicyclic amines) is 1. The van der Waals surface area contributed by atoms with Crippen LogP contribution in [0.2, 0.25) is 0 Å². The van der Waals surface area contributed by atoms with Gasteiger partial charge in [-0.25, -0.2) is 0 Å². The van der Waals surface area contributed by atoms with Crippen molar-refractivity contribution in [3.63, 3.8) is 0 Å². The summed E-state index contributed by atoms with van der Waals surface area (Å²) in [5.74, 6) is 0.975. The second-order valence-corrected chi connectivity index (χ2v) is 7.91. The van der Waals surface area contributed by atoms with Crippen LogP contribution in [-0.4, -0.2) is 41.0 Å². The van der Waals surface area contributed by atoms with Gasteiger partial charge in [0.25, 0.3) is 5.91 Å². The Bertz CT molecular complexity index is 981. The molecule has 1 aromatic carbocycles. The van der Waals surface area contributed by atoms with E-state index in [4.69, 9.17) is 4.74 Å². The lowest BCUT2D eigenvalue weighted by Crippen LogP contribution is -2.43. The molecule has 160 valence electrons. The van der Waals surface area contributed by atoms with Crippen molar-refractivity contribution in [2.75, 3.05) is 20.2 Å². The summed E-state index contributed by atoms with van der Waals surface area (Å²) in [5.41, 5.74) is 2.54. The highest BCUT2D eigenvalue weighted by molar-refractivity contribution is 5.92. The third kappa shape index (κ3) is 5.47. The van der Waals surface area contributed by atoms with Gasteiger partial charge in [0.05, 0.1) is 18.8 Å². The highest BCUT2D eigenvalue weighted by Gasteiger charge is 2.31. The van der Waals surface area contributed by atoms with Crippen molar-refractivity contribution in [2.45, 2.75) is 25.4 Å². The Labute approximate surface area is 183 Å². The molecule has 6 nitrogen and oxygen atoms in total. The Balaban J connectivity index is 1.51. The predicted octanol–water partition coefficient (Wildman–Crippen LogP) is 3.87. The topological polar surface area (TPSA) is 67.3 Å². The Morgan fingerprint density at radius 3 is 2.71 bits per heavy atom. The number of nitrogens with zero attached hydrogens (tertiary/aromatic N) is 3. The Kier molecular flexibility index (Phi) is 6.89. The molecular formula is C25H28N4O2. The van der Waals surface area contributed by atoms with E-state index in [9.17, 15) is 4.79 Å². The first-order valence-electron chi connectivity index (χ1n) is 10.7. The number of aromatic nitrogens is 2. The fourth-order valence-electron chi connectivity index (χ4n) is 4.24. The van der Waals surface area contributed by atoms with Gasteiger partial charge in [0.1, 0.15) is 11.4 Å². The van der Waals surface area contributed by atoms with Gasteiger partial charge in [-0.1, -0.05) is 24.3 Å². The number of nitrogens with one attached hydrogen (secondary N) is 1. The Morgan fingerprint density at radius 2 is 1.97 bits per heavy atom. The number of hydrogen-bond acceptors (Lipinski definition) is 5. The van der Waals surface area contributed by atoms with E-state index in [0.717, 1.165) is 43.9 Å². The molecule has 2 atom stereocenters. The van der Waals surface area contributed by atoms with Gasteiger partial charge < -0.3 is 10.1 Å². The van der Waals surface area contributed by atoms with Gasteiger partial charge in [0, 0.05) is 25.5 Å². The summed E-state index contributed by atoms with van der Waals surface area (Å²) in [6.45, 7) is 2.79. The van der Waals surface area contributed by atoms with E-state index >= 15 is 0 Å². The van der Waals surface area contributed by atoms with Crippen molar-refractivity contribution in [3.05, 3.63) is 90.0 Å². The summed E-state index contributed by atoms with van der Waals surface area (Å²) < 4.78 is 5.37. The lowest BCUT2D eigenvalue weighted by Gasteiger charge is -2.37. The number of rotatable bonds is 7. The van der Waals surface area contributed by atoms with Gasteiger partial charge in [0.15, 0.2) is 0 Å². The minimum atomic E-state index is -0.166. The zero-order valence-corrected chi connectivity index (χ0v) is 17.8. The lowest BCUT2D eigenvalue weighted by atomic mass is 9.88. The number of carbonyl (C=O) groups is 1. The van der Waals surface area contributed by atoms with E-state index in [0.29, 0.717) is 5.69 Å². The van der Waals surface area contributed by atoms with Gasteiger partial charge in [-0.15, -0.1) is 0 Å². The quantitative estimate of drug-likeness (QED) is 0.633. The van der Waals surface area contributed by atoms with Crippen molar-refractivity contribution >= 4 is 5.91 Å². The van der Waals surface area contributed by atoms with Crippen molar-refractivity contribution in [3.8, 4) is 5.75 Å². The van der Waals surface area contributed by atoms with Crippen LogP contribution in [0.4, 0.5) is 0 Å². The summed E-state index contributed by atoms with van der Waals surface area (Å²) in [7, 11) is 1.69. The molecule has 0 bridgehead atoms. The van der Waals surface area contributed by atoms with Gasteiger partial charge in [-0.05, 0) is 67.3 Å². The summed E-state index contributed by atoms with van der Waals surface area (Å²) in [6.07, 6.45) is 5.54. The number of benzene rings is 1. The summed E-state index contributed by atoms with van der Waals surface area (Å²) >= 11 is 0. The molecule has 1 fully saturated rings. The van der Waals surface area contributed by atoms with Crippen LogP contribution in [0, 0.1) is 5.92 Å². The third-order valence-corrected chi connectivity index (χ3v) is 5.74. The van der Waals surface area contributed by atoms with Gasteiger partial charge in [-0.2, -0.15) is 0 Å². The largest absolute Gasteiger partial charge is 0.497 e. The molecule has 1 N–H and O–H groups in total. The van der Waals surface area contributed by atoms with E-state index < -0.39 is 0 Å². The van der Waals surface area contributed by atoms with E-state index in [1.165, 1.54) is 5.56 Å². The second kappa shape index (κ2) is 10.2. The maximum atomic E-state index is 12.9. The molecule has 6 heteroatoms. The zero-order valence-electron chi connectivity index (χ0n) is 17.8. The maximum absolute atomic E-state index is 12.9. The standard InChI is InChI=1S/C25H28N4O2/c1-31-21-10-6-8-19(16-21)17-29-15-7-9-20(18-29)24(22-11-2-4-13-26-22)28-25(30)23-12-3-5-14-27-23/h2-6,8,10-14,16,20,24H,7,9,15,17-18H2,1H3,(H,28,30)/t20-,24+/m0/s1. The van der Waals surface area contributed by atoms with Crippen LogP contribution in [0.3, 0.4) is 0 Å². The summed E-state index contributed by atoms with van der Waals surface area (Å²) in [5, 5.41) is 3.21. The van der Waals surface area contributed by atoms with Crippen molar-refractivity contribution in [1.29, 1.82) is 0 Å². The Hall–Kier alpha value is -3.25. The van der Waals surface area contributed by atoms with Crippen LogP contribution in [0.5, 0.6) is 5.75 Å². The van der Waals surface area contributed by atoms with E-state index in [1.54, 1.807) is 25.6 Å². The van der Waals surface area contributed by atoms with E-state index in [1.807, 2.05) is 42.5 Å². The van der Waals surface area contributed by atoms with Gasteiger partial charge >= 0.3 is 0 Å². The minimum Gasteiger partial charge on any atom is -0.497 e. The fourth-order valence-corrected chi connectivity index (χ4v) is 4.24. The molecule has 1 saturated heterocycles. The number of methoxy groups -OCH3 is 1. The maximum Gasteiger partial charge on any atom is 0.270 e. The normalized spacial score (nSPS) is 17.6. The number of carbonyl (C=O) groups excluding carboxylic acids is 1. The molecule has 1 aliphatic heterocycles. The molecule has 1 aliphatic rings. The summed E-state index contributed by atoms with van der Waals surface area (Å²) in [6, 6.07) is 19.3. The molecule has 0 unspecified atom stereocenters. The predicted molar refractivity (Wildman–Crippen MR) is 120 cm³/mol. The number of amides is 1. The average Bonchev–Trinajstić information content (AvgIpc) is 2.84. The molecule has 3 heterocycles. The van der Waals surface area contributed by atoms with Crippen molar-refractivity contribution in [2.24, 2.45) is 5.92 Å². The Morgan fingerprint density at radius 1 is 1.13 bits per heavy atom.